The van der Waals surface area contributed by atoms with Crippen LogP contribution in [0.5, 0.6) is 0 Å². The van der Waals surface area contributed by atoms with Crippen LogP contribution in [0.3, 0.4) is 0 Å². The fraction of sp³-hybridized carbons (Fsp3) is 0.154. The van der Waals surface area contributed by atoms with Crippen LogP contribution in [0.2, 0.25) is 0 Å². The molecule has 1 unspecified atom stereocenters. The van der Waals surface area contributed by atoms with Gasteiger partial charge in [0.2, 0.25) is 0 Å². The Morgan fingerprint density at radius 3 is 2.47 bits per heavy atom. The first-order valence-corrected chi connectivity index (χ1v) is 6.84. The van der Waals surface area contributed by atoms with E-state index in [-0.39, 0.29) is 6.04 Å². The van der Waals surface area contributed by atoms with Crippen molar-refractivity contribution in [1.29, 1.82) is 0 Å². The molecule has 0 fully saturated rings. The van der Waals surface area contributed by atoms with Gasteiger partial charge < -0.3 is 5.73 Å². The van der Waals surface area contributed by atoms with Gasteiger partial charge in [-0.3, -0.25) is 4.98 Å². The van der Waals surface area contributed by atoms with Crippen molar-refractivity contribution in [2.45, 2.75) is 12.5 Å². The quantitative estimate of drug-likeness (QED) is 0.908. The van der Waals surface area contributed by atoms with E-state index in [0.717, 1.165) is 26.5 Å². The van der Waals surface area contributed by atoms with Crippen LogP contribution >= 0.6 is 31.9 Å². The molecule has 2 rings (SSSR count). The Kier molecular flexibility index (Phi) is 4.31. The molecule has 1 aromatic heterocycles. The lowest BCUT2D eigenvalue weighted by molar-refractivity contribution is 0.718. The summed E-state index contributed by atoms with van der Waals surface area (Å²) in [6, 6.07) is 10.0. The van der Waals surface area contributed by atoms with Crippen LogP contribution in [-0.4, -0.2) is 4.98 Å². The molecular weight excluding hydrogens is 344 g/mol. The van der Waals surface area contributed by atoms with E-state index >= 15 is 0 Å². The zero-order valence-electron chi connectivity index (χ0n) is 9.11. The molecule has 1 heterocycles. The number of rotatable bonds is 3. The second-order valence-electron chi connectivity index (χ2n) is 3.87. The summed E-state index contributed by atoms with van der Waals surface area (Å²) in [4.78, 5) is 4.09. The van der Waals surface area contributed by atoms with Gasteiger partial charge in [0, 0.05) is 27.4 Å². The van der Waals surface area contributed by atoms with E-state index in [9.17, 15) is 0 Å². The van der Waals surface area contributed by atoms with Gasteiger partial charge in [0.1, 0.15) is 0 Å². The topological polar surface area (TPSA) is 38.9 Å². The first-order valence-electron chi connectivity index (χ1n) is 5.25. The normalized spacial score (nSPS) is 12.4. The number of nitrogens with two attached hydrogens (primary N) is 1. The van der Waals surface area contributed by atoms with Crippen molar-refractivity contribution in [1.82, 2.24) is 4.98 Å². The summed E-state index contributed by atoms with van der Waals surface area (Å²) in [7, 11) is 0. The Morgan fingerprint density at radius 2 is 1.88 bits per heavy atom. The maximum Gasteiger partial charge on any atom is 0.0337 e. The Morgan fingerprint density at radius 1 is 1.18 bits per heavy atom. The minimum absolute atomic E-state index is 0.0204. The molecule has 4 heteroatoms. The van der Waals surface area contributed by atoms with E-state index in [1.165, 1.54) is 0 Å². The maximum atomic E-state index is 6.20. The summed E-state index contributed by atoms with van der Waals surface area (Å²) in [5, 5.41) is 0. The smallest absolute Gasteiger partial charge is 0.0337 e. The molecule has 0 saturated carbocycles. The maximum absolute atomic E-state index is 6.20. The summed E-state index contributed by atoms with van der Waals surface area (Å²) < 4.78 is 2.06. The lowest BCUT2D eigenvalue weighted by Crippen LogP contribution is -2.13. The van der Waals surface area contributed by atoms with Crippen molar-refractivity contribution in [3.05, 3.63) is 62.8 Å². The average molecular weight is 356 g/mol. The second-order valence-corrected chi connectivity index (χ2v) is 5.71. The van der Waals surface area contributed by atoms with Crippen molar-refractivity contribution in [2.24, 2.45) is 5.73 Å². The number of nitrogens with zero attached hydrogens (tertiary/aromatic N) is 1. The van der Waals surface area contributed by atoms with Gasteiger partial charge in [0.15, 0.2) is 0 Å². The fourth-order valence-corrected chi connectivity index (χ4v) is 3.01. The molecule has 2 nitrogen and oxygen atoms in total. The van der Waals surface area contributed by atoms with E-state index in [2.05, 4.69) is 36.8 Å². The number of hydrogen-bond acceptors (Lipinski definition) is 2. The van der Waals surface area contributed by atoms with E-state index in [1.54, 1.807) is 6.20 Å². The monoisotopic (exact) mass is 354 g/mol. The molecule has 0 spiro atoms. The lowest BCUT2D eigenvalue weighted by Gasteiger charge is -2.13. The van der Waals surface area contributed by atoms with E-state index in [0.29, 0.717) is 0 Å². The SMILES string of the molecule is NC(Cc1cccnc1)c1cc(Br)cc(Br)c1. The first-order chi connectivity index (χ1) is 8.15. The molecule has 0 radical (unpaired) electrons. The molecule has 0 bridgehead atoms. The molecule has 2 N–H and O–H groups in total. The van der Waals surface area contributed by atoms with Gasteiger partial charge in [-0.1, -0.05) is 37.9 Å². The Labute approximate surface area is 118 Å². The summed E-state index contributed by atoms with van der Waals surface area (Å²) in [6.07, 6.45) is 4.41. The molecule has 17 heavy (non-hydrogen) atoms. The molecule has 1 aromatic carbocycles. The van der Waals surface area contributed by atoms with Crippen molar-refractivity contribution < 1.29 is 0 Å². The molecule has 0 saturated heterocycles. The third-order valence-corrected chi connectivity index (χ3v) is 3.41. The van der Waals surface area contributed by atoms with Crippen LogP contribution in [0.15, 0.2) is 51.7 Å². The number of pyridine rings is 1. The predicted octanol–water partition coefficient (Wildman–Crippen LogP) is 3.85. The van der Waals surface area contributed by atoms with Gasteiger partial charge in [0.05, 0.1) is 0 Å². The van der Waals surface area contributed by atoms with Crippen LogP contribution in [0.25, 0.3) is 0 Å². The van der Waals surface area contributed by atoms with Crippen molar-refractivity contribution >= 4 is 31.9 Å². The third-order valence-electron chi connectivity index (χ3n) is 2.49. The zero-order chi connectivity index (χ0) is 12.3. The predicted molar refractivity (Wildman–Crippen MR) is 76.7 cm³/mol. The van der Waals surface area contributed by atoms with Crippen LogP contribution in [0, 0.1) is 0 Å². The molecule has 0 aliphatic carbocycles. The number of hydrogen-bond donors (Lipinski definition) is 1. The van der Waals surface area contributed by atoms with Gasteiger partial charge in [-0.15, -0.1) is 0 Å². The van der Waals surface area contributed by atoms with Gasteiger partial charge in [-0.2, -0.15) is 0 Å². The molecule has 0 aliphatic rings. The summed E-state index contributed by atoms with van der Waals surface area (Å²) in [6.45, 7) is 0. The van der Waals surface area contributed by atoms with Crippen molar-refractivity contribution in [2.75, 3.05) is 0 Å². The largest absolute Gasteiger partial charge is 0.324 e. The highest BCUT2D eigenvalue weighted by Crippen LogP contribution is 2.24. The van der Waals surface area contributed by atoms with Gasteiger partial charge >= 0.3 is 0 Å². The van der Waals surface area contributed by atoms with Gasteiger partial charge in [-0.05, 0) is 41.8 Å². The minimum Gasteiger partial charge on any atom is -0.324 e. The van der Waals surface area contributed by atoms with Gasteiger partial charge in [-0.25, -0.2) is 0 Å². The van der Waals surface area contributed by atoms with E-state index in [1.807, 2.05) is 36.5 Å². The Bertz CT molecular complexity index is 480. The number of halogens is 2. The molecule has 0 aliphatic heterocycles. The first kappa shape index (κ1) is 12.7. The molecule has 1 atom stereocenters. The van der Waals surface area contributed by atoms with Crippen LogP contribution in [0.4, 0.5) is 0 Å². The highest BCUT2D eigenvalue weighted by atomic mass is 79.9. The highest BCUT2D eigenvalue weighted by Gasteiger charge is 2.08. The minimum atomic E-state index is -0.0204. The molecular formula is C13H12Br2N2. The van der Waals surface area contributed by atoms with Crippen LogP contribution in [0.1, 0.15) is 17.2 Å². The van der Waals surface area contributed by atoms with Crippen molar-refractivity contribution in [3.63, 3.8) is 0 Å². The van der Waals surface area contributed by atoms with Crippen LogP contribution in [-0.2, 0) is 6.42 Å². The molecule has 88 valence electrons. The summed E-state index contributed by atoms with van der Waals surface area (Å²) >= 11 is 6.94. The highest BCUT2D eigenvalue weighted by molar-refractivity contribution is 9.11. The third kappa shape index (κ3) is 3.63. The average Bonchev–Trinajstić information content (AvgIpc) is 2.29. The second kappa shape index (κ2) is 5.76. The number of benzene rings is 1. The van der Waals surface area contributed by atoms with Crippen LogP contribution < -0.4 is 5.73 Å². The number of aromatic nitrogens is 1. The summed E-state index contributed by atoms with van der Waals surface area (Å²) in [5.41, 5.74) is 8.45. The van der Waals surface area contributed by atoms with Crippen molar-refractivity contribution in [3.8, 4) is 0 Å². The summed E-state index contributed by atoms with van der Waals surface area (Å²) in [5.74, 6) is 0. The molecule has 2 aromatic rings. The van der Waals surface area contributed by atoms with Gasteiger partial charge in [0.25, 0.3) is 0 Å². The zero-order valence-corrected chi connectivity index (χ0v) is 12.3. The Balaban J connectivity index is 2.17. The Hall–Kier alpha value is -0.710. The molecule has 0 amide bonds. The van der Waals surface area contributed by atoms with E-state index < -0.39 is 0 Å². The lowest BCUT2D eigenvalue weighted by atomic mass is 10.0. The fourth-order valence-electron chi connectivity index (χ4n) is 1.68. The standard InChI is InChI=1S/C13H12Br2N2/c14-11-5-10(6-12(15)7-11)13(16)4-9-2-1-3-17-8-9/h1-3,5-8,13H,4,16H2. The van der Waals surface area contributed by atoms with E-state index in [4.69, 9.17) is 5.73 Å².